The van der Waals surface area contributed by atoms with Gasteiger partial charge in [0.25, 0.3) is 5.24 Å². The lowest BCUT2D eigenvalue weighted by molar-refractivity contribution is -0.118. The van der Waals surface area contributed by atoms with Crippen LogP contribution in [0.3, 0.4) is 0 Å². The molecule has 3 aromatic heterocycles. The first-order valence-corrected chi connectivity index (χ1v) is 13.2. The average molecular weight is 495 g/mol. The number of thioether (sulfide) groups is 1. The third-order valence-electron chi connectivity index (χ3n) is 6.12. The van der Waals surface area contributed by atoms with Gasteiger partial charge in [0, 0.05) is 48.9 Å². The smallest absolute Gasteiger partial charge is 0.286 e. The molecule has 2 fully saturated rings. The van der Waals surface area contributed by atoms with Crippen molar-refractivity contribution in [3.8, 4) is 11.3 Å². The maximum absolute atomic E-state index is 11.8. The number of hydrogen-bond acceptors (Lipinski definition) is 9. The molecule has 2 amide bonds. The van der Waals surface area contributed by atoms with Gasteiger partial charge in [-0.25, -0.2) is 9.97 Å². The Bertz CT molecular complexity index is 1150. The van der Waals surface area contributed by atoms with Gasteiger partial charge in [-0.2, -0.15) is 11.3 Å². The molecule has 0 radical (unpaired) electrons. The van der Waals surface area contributed by atoms with Gasteiger partial charge in [-0.15, -0.1) is 0 Å². The molecule has 2 aliphatic heterocycles. The van der Waals surface area contributed by atoms with E-state index >= 15 is 0 Å². The second kappa shape index (κ2) is 10.6. The van der Waals surface area contributed by atoms with Gasteiger partial charge in [0.15, 0.2) is 0 Å². The van der Waals surface area contributed by atoms with Crippen LogP contribution in [0.2, 0.25) is 0 Å². The molecule has 8 nitrogen and oxygen atoms in total. The molecule has 2 N–H and O–H groups in total. The van der Waals surface area contributed by atoms with Crippen LogP contribution in [0.4, 0.5) is 10.7 Å². The van der Waals surface area contributed by atoms with Gasteiger partial charge < -0.3 is 10.2 Å². The Morgan fingerprint density at radius 3 is 2.74 bits per heavy atom. The number of pyridine rings is 1. The highest BCUT2D eigenvalue weighted by atomic mass is 32.2. The maximum Gasteiger partial charge on any atom is 0.286 e. The molecule has 10 heteroatoms. The van der Waals surface area contributed by atoms with Gasteiger partial charge in [0.05, 0.1) is 16.6 Å². The molecule has 2 aliphatic rings. The van der Waals surface area contributed by atoms with Crippen LogP contribution in [0.5, 0.6) is 0 Å². The number of thiophene rings is 1. The highest BCUT2D eigenvalue weighted by Gasteiger charge is 2.32. The first-order chi connectivity index (χ1) is 16.6. The van der Waals surface area contributed by atoms with Crippen molar-refractivity contribution in [1.29, 1.82) is 0 Å². The molecule has 1 unspecified atom stereocenters. The predicted octanol–water partition coefficient (Wildman–Crippen LogP) is 3.50. The molecular formula is C24H26N6O2S2. The van der Waals surface area contributed by atoms with E-state index in [9.17, 15) is 9.59 Å². The number of aromatic nitrogens is 3. The molecule has 1 atom stereocenters. The molecule has 0 spiro atoms. The average Bonchev–Trinajstić information content (AvgIpc) is 3.50. The Morgan fingerprint density at radius 1 is 1.09 bits per heavy atom. The zero-order valence-electron chi connectivity index (χ0n) is 18.6. The van der Waals surface area contributed by atoms with E-state index in [2.05, 4.69) is 60.5 Å². The molecule has 0 bridgehead atoms. The molecule has 3 aromatic rings. The van der Waals surface area contributed by atoms with Crippen molar-refractivity contribution in [1.82, 2.24) is 25.6 Å². The van der Waals surface area contributed by atoms with Crippen LogP contribution in [0.1, 0.15) is 24.2 Å². The fraction of sp³-hybridized carbons (Fsp3) is 0.375. The number of anilines is 1. The highest BCUT2D eigenvalue weighted by molar-refractivity contribution is 8.15. The molecule has 0 aromatic carbocycles. The molecular weight excluding hydrogens is 468 g/mol. The van der Waals surface area contributed by atoms with Crippen LogP contribution < -0.4 is 15.5 Å². The summed E-state index contributed by atoms with van der Waals surface area (Å²) in [7, 11) is 0. The maximum atomic E-state index is 11.8. The summed E-state index contributed by atoms with van der Waals surface area (Å²) in [6.45, 7) is 3.53. The van der Waals surface area contributed by atoms with Gasteiger partial charge in [-0.3, -0.25) is 19.9 Å². The van der Waals surface area contributed by atoms with E-state index in [0.29, 0.717) is 18.3 Å². The number of rotatable bonds is 8. The number of nitrogens with one attached hydrogen (secondary N) is 2. The summed E-state index contributed by atoms with van der Waals surface area (Å²) in [5.41, 5.74) is 4.04. The molecule has 0 aliphatic carbocycles. The summed E-state index contributed by atoms with van der Waals surface area (Å²) >= 11 is 2.72. The molecule has 176 valence electrons. The molecule has 5 heterocycles. The number of amides is 2. The zero-order chi connectivity index (χ0) is 23.3. The number of piperidine rings is 1. The van der Waals surface area contributed by atoms with Gasteiger partial charge in [-0.1, -0.05) is 17.8 Å². The predicted molar refractivity (Wildman–Crippen MR) is 135 cm³/mol. The van der Waals surface area contributed by atoms with Crippen LogP contribution in [-0.4, -0.2) is 51.0 Å². The number of nitrogens with zero attached hydrogens (tertiary/aromatic N) is 4. The summed E-state index contributed by atoms with van der Waals surface area (Å²) in [6, 6.07) is 10.1. The van der Waals surface area contributed by atoms with Crippen LogP contribution in [0, 0.1) is 5.92 Å². The van der Waals surface area contributed by atoms with Crippen molar-refractivity contribution in [2.24, 2.45) is 5.92 Å². The summed E-state index contributed by atoms with van der Waals surface area (Å²) in [6.07, 6.45) is 4.30. The minimum absolute atomic E-state index is 0.239. The third-order valence-corrected chi connectivity index (χ3v) is 7.79. The summed E-state index contributed by atoms with van der Waals surface area (Å²) in [4.78, 5) is 39.3. The Kier molecular flexibility index (Phi) is 7.17. The Hall–Kier alpha value is -2.82. The number of carbonyl (C=O) groups is 2. The van der Waals surface area contributed by atoms with E-state index in [1.165, 1.54) is 5.56 Å². The fourth-order valence-corrected chi connectivity index (χ4v) is 5.75. The Morgan fingerprint density at radius 2 is 1.97 bits per heavy atom. The first-order valence-electron chi connectivity index (χ1n) is 11.4. The van der Waals surface area contributed by atoms with Crippen molar-refractivity contribution in [3.05, 3.63) is 58.7 Å². The molecule has 2 saturated heterocycles. The third kappa shape index (κ3) is 5.63. The van der Waals surface area contributed by atoms with E-state index in [1.807, 2.05) is 6.07 Å². The normalized spacial score (nSPS) is 18.9. The number of carbonyl (C=O) groups excluding carboxylic acids is 2. The lowest BCUT2D eigenvalue weighted by Crippen LogP contribution is -2.38. The lowest BCUT2D eigenvalue weighted by atomic mass is 9.97. The lowest BCUT2D eigenvalue weighted by Gasteiger charge is -2.32. The van der Waals surface area contributed by atoms with Crippen LogP contribution in [-0.2, 0) is 17.8 Å². The number of hydrogen-bond donors (Lipinski definition) is 2. The van der Waals surface area contributed by atoms with Crippen LogP contribution >= 0.6 is 23.1 Å². The first kappa shape index (κ1) is 22.9. The van der Waals surface area contributed by atoms with Crippen LogP contribution in [0.15, 0.2) is 47.3 Å². The van der Waals surface area contributed by atoms with Crippen molar-refractivity contribution in [2.45, 2.75) is 31.1 Å². The van der Waals surface area contributed by atoms with E-state index in [0.717, 1.165) is 67.9 Å². The fourth-order valence-electron chi connectivity index (χ4n) is 4.26. The highest BCUT2D eigenvalue weighted by Crippen LogP contribution is 2.24. The number of imide groups is 1. The van der Waals surface area contributed by atoms with E-state index in [1.54, 1.807) is 17.5 Å². The largest absolute Gasteiger partial charge is 0.341 e. The Balaban J connectivity index is 1.09. The zero-order valence-corrected chi connectivity index (χ0v) is 20.3. The standard InChI is InChI=1S/C24H26N6O2S2/c31-22-21(34-24(32)29-22)12-18-4-8-26-23(28-18)30-9-5-16(6-10-30)13-25-14-19-2-1-3-20(27-19)17-7-11-33-15-17/h1-4,7-8,11,15-16,21,25H,5-6,9-10,12-14H2,(H,29,31,32). The minimum atomic E-state index is -0.410. The second-order valence-corrected chi connectivity index (χ2v) is 10.5. The van der Waals surface area contributed by atoms with E-state index in [4.69, 9.17) is 4.98 Å². The van der Waals surface area contributed by atoms with Crippen molar-refractivity contribution >= 4 is 40.2 Å². The SMILES string of the molecule is O=C1NC(=O)C(Cc2ccnc(N3CCC(CNCc4cccc(-c5ccsc5)n4)CC3)n2)S1. The summed E-state index contributed by atoms with van der Waals surface area (Å²) in [5.74, 6) is 1.06. The molecule has 5 rings (SSSR count). The van der Waals surface area contributed by atoms with Gasteiger partial charge >= 0.3 is 0 Å². The second-order valence-electron chi connectivity index (χ2n) is 8.52. The van der Waals surface area contributed by atoms with Crippen molar-refractivity contribution in [3.63, 3.8) is 0 Å². The van der Waals surface area contributed by atoms with E-state index < -0.39 is 5.25 Å². The van der Waals surface area contributed by atoms with E-state index in [-0.39, 0.29) is 11.1 Å². The van der Waals surface area contributed by atoms with Gasteiger partial charge in [0.2, 0.25) is 11.9 Å². The van der Waals surface area contributed by atoms with Gasteiger partial charge in [0.1, 0.15) is 0 Å². The molecule has 34 heavy (non-hydrogen) atoms. The Labute approximate surface area is 206 Å². The quantitative estimate of drug-likeness (QED) is 0.491. The molecule has 0 saturated carbocycles. The monoisotopic (exact) mass is 494 g/mol. The van der Waals surface area contributed by atoms with Crippen molar-refractivity contribution < 1.29 is 9.59 Å². The van der Waals surface area contributed by atoms with Crippen molar-refractivity contribution in [2.75, 3.05) is 24.5 Å². The summed E-state index contributed by atoms with van der Waals surface area (Å²) in [5, 5.41) is 9.41. The topological polar surface area (TPSA) is 100 Å². The summed E-state index contributed by atoms with van der Waals surface area (Å²) < 4.78 is 0. The van der Waals surface area contributed by atoms with Gasteiger partial charge in [-0.05, 0) is 54.9 Å². The van der Waals surface area contributed by atoms with Crippen LogP contribution in [0.25, 0.3) is 11.3 Å². The minimum Gasteiger partial charge on any atom is -0.341 e.